The van der Waals surface area contributed by atoms with Gasteiger partial charge in [0.05, 0.1) is 5.57 Å². The van der Waals surface area contributed by atoms with Gasteiger partial charge in [0.2, 0.25) is 5.91 Å². The molecule has 0 N–H and O–H groups in total. The number of amides is 1. The highest BCUT2D eigenvalue weighted by molar-refractivity contribution is 6.04. The normalized spacial score (nSPS) is 29.5. The van der Waals surface area contributed by atoms with Crippen molar-refractivity contribution in [3.8, 4) is 6.07 Å². The van der Waals surface area contributed by atoms with Crippen LogP contribution in [0.25, 0.3) is 0 Å². The van der Waals surface area contributed by atoms with Crippen molar-refractivity contribution >= 4 is 11.7 Å². The molecule has 0 aromatic rings. The number of Topliss-reactive ketones (excluding diaryl/α,β-unsaturated/α-hetero) is 1. The summed E-state index contributed by atoms with van der Waals surface area (Å²) in [7, 11) is 0. The highest BCUT2D eigenvalue weighted by Crippen LogP contribution is 2.59. The molecular formula is C19H26N2O2. The van der Waals surface area contributed by atoms with E-state index in [4.69, 9.17) is 0 Å². The van der Waals surface area contributed by atoms with Crippen LogP contribution < -0.4 is 0 Å². The number of likely N-dealkylation sites (tertiary alicyclic amines) is 1. The molecule has 1 saturated heterocycles. The predicted octanol–water partition coefficient (Wildman–Crippen LogP) is 3.09. The van der Waals surface area contributed by atoms with Crippen molar-refractivity contribution < 1.29 is 9.59 Å². The smallest absolute Gasteiger partial charge is 0.226 e. The summed E-state index contributed by atoms with van der Waals surface area (Å²) >= 11 is 0. The zero-order valence-electron chi connectivity index (χ0n) is 14.6. The molecule has 1 aliphatic heterocycles. The van der Waals surface area contributed by atoms with E-state index < -0.39 is 5.41 Å². The Morgan fingerprint density at radius 3 is 2.43 bits per heavy atom. The summed E-state index contributed by atoms with van der Waals surface area (Å²) in [6.45, 7) is 9.48. The molecule has 1 saturated carbocycles. The van der Waals surface area contributed by atoms with Gasteiger partial charge in [-0.3, -0.25) is 9.59 Å². The zero-order valence-corrected chi connectivity index (χ0v) is 14.6. The van der Waals surface area contributed by atoms with E-state index in [-0.39, 0.29) is 34.0 Å². The van der Waals surface area contributed by atoms with E-state index >= 15 is 0 Å². The topological polar surface area (TPSA) is 61.2 Å². The molecule has 0 radical (unpaired) electrons. The average Bonchev–Trinajstić information content (AvgIpc) is 3.22. The molecule has 1 atom stereocenters. The molecule has 1 unspecified atom stereocenters. The molecule has 4 nitrogen and oxygen atoms in total. The van der Waals surface area contributed by atoms with Crippen LogP contribution in [0.3, 0.4) is 0 Å². The highest BCUT2D eigenvalue weighted by atomic mass is 16.2. The molecule has 3 rings (SSSR count). The molecule has 0 aromatic carbocycles. The van der Waals surface area contributed by atoms with E-state index in [9.17, 15) is 14.9 Å². The average molecular weight is 314 g/mol. The fraction of sp³-hybridized carbons (Fsp3) is 0.737. The van der Waals surface area contributed by atoms with Gasteiger partial charge in [-0.05, 0) is 31.1 Å². The molecule has 1 amide bonds. The van der Waals surface area contributed by atoms with Crippen LogP contribution in [0.2, 0.25) is 0 Å². The number of carbonyl (C=O) groups is 2. The predicted molar refractivity (Wildman–Crippen MR) is 87.2 cm³/mol. The first-order valence-corrected chi connectivity index (χ1v) is 8.69. The van der Waals surface area contributed by atoms with Gasteiger partial charge in [-0.25, -0.2) is 0 Å². The van der Waals surface area contributed by atoms with E-state index in [1.54, 1.807) is 0 Å². The Hall–Kier alpha value is -1.63. The summed E-state index contributed by atoms with van der Waals surface area (Å²) in [6.07, 6.45) is 5.72. The fourth-order valence-corrected chi connectivity index (χ4v) is 4.85. The van der Waals surface area contributed by atoms with Crippen molar-refractivity contribution in [1.29, 1.82) is 5.26 Å². The first-order valence-electron chi connectivity index (χ1n) is 8.69. The van der Waals surface area contributed by atoms with Gasteiger partial charge < -0.3 is 4.90 Å². The van der Waals surface area contributed by atoms with Crippen LogP contribution >= 0.6 is 0 Å². The van der Waals surface area contributed by atoms with Gasteiger partial charge in [-0.1, -0.05) is 33.8 Å². The van der Waals surface area contributed by atoms with Crippen molar-refractivity contribution in [2.75, 3.05) is 13.1 Å². The number of rotatable bonds is 3. The Balaban J connectivity index is 1.71. The largest absolute Gasteiger partial charge is 0.341 e. The number of nitriles is 1. The lowest BCUT2D eigenvalue weighted by Crippen LogP contribution is -2.61. The van der Waals surface area contributed by atoms with Crippen LogP contribution in [-0.4, -0.2) is 29.7 Å². The molecule has 4 heteroatoms. The minimum absolute atomic E-state index is 0.0615. The Morgan fingerprint density at radius 2 is 1.96 bits per heavy atom. The molecule has 124 valence electrons. The fourth-order valence-electron chi connectivity index (χ4n) is 4.85. The third kappa shape index (κ3) is 2.33. The Bertz CT molecular complexity index is 628. The van der Waals surface area contributed by atoms with Gasteiger partial charge in [0.25, 0.3) is 0 Å². The van der Waals surface area contributed by atoms with Crippen molar-refractivity contribution in [2.24, 2.45) is 22.2 Å². The summed E-state index contributed by atoms with van der Waals surface area (Å²) in [4.78, 5) is 26.9. The van der Waals surface area contributed by atoms with Crippen molar-refractivity contribution in [3.63, 3.8) is 0 Å². The number of hydrogen-bond donors (Lipinski definition) is 0. The summed E-state index contributed by atoms with van der Waals surface area (Å²) in [6, 6.07) is 2.05. The van der Waals surface area contributed by atoms with Crippen LogP contribution in [-0.2, 0) is 9.59 Å². The highest BCUT2D eigenvalue weighted by Gasteiger charge is 2.59. The van der Waals surface area contributed by atoms with Crippen molar-refractivity contribution in [1.82, 2.24) is 4.90 Å². The van der Waals surface area contributed by atoms with Crippen LogP contribution in [0.5, 0.6) is 0 Å². The third-order valence-corrected chi connectivity index (χ3v) is 6.44. The van der Waals surface area contributed by atoms with E-state index in [0.717, 1.165) is 25.7 Å². The molecule has 0 aromatic heterocycles. The lowest BCUT2D eigenvalue weighted by atomic mass is 9.61. The summed E-state index contributed by atoms with van der Waals surface area (Å²) in [5.74, 6) is 0.405. The second kappa shape index (κ2) is 4.93. The number of allylic oxidation sites excluding steroid dienone is 1. The molecule has 23 heavy (non-hydrogen) atoms. The second-order valence-electron chi connectivity index (χ2n) is 8.44. The van der Waals surface area contributed by atoms with Crippen molar-refractivity contribution in [3.05, 3.63) is 11.6 Å². The van der Waals surface area contributed by atoms with E-state index in [0.29, 0.717) is 13.1 Å². The standard InChI is InChI=1S/C19H26N2O2/c1-5-19(6-2)8-14(19)16(23)21-11-18(12-21)7-13(9-20)15(22)17(3,4)10-18/h7,14H,5-6,8,10-12H2,1-4H3. The minimum atomic E-state index is -0.509. The van der Waals surface area contributed by atoms with Gasteiger partial charge in [-0.2, -0.15) is 5.26 Å². The number of nitrogens with zero attached hydrogens (tertiary/aromatic N) is 2. The van der Waals surface area contributed by atoms with Gasteiger partial charge in [0.15, 0.2) is 5.78 Å². The van der Waals surface area contributed by atoms with Gasteiger partial charge in [0.1, 0.15) is 6.07 Å². The Kier molecular flexibility index (Phi) is 3.48. The molecule has 1 heterocycles. The minimum Gasteiger partial charge on any atom is -0.341 e. The van der Waals surface area contributed by atoms with E-state index in [1.165, 1.54) is 0 Å². The summed E-state index contributed by atoms with van der Waals surface area (Å²) < 4.78 is 0. The van der Waals surface area contributed by atoms with Gasteiger partial charge >= 0.3 is 0 Å². The molecule has 0 bridgehead atoms. The molecule has 3 aliphatic rings. The van der Waals surface area contributed by atoms with Crippen molar-refractivity contribution in [2.45, 2.75) is 53.4 Å². The monoisotopic (exact) mass is 314 g/mol. The van der Waals surface area contributed by atoms with Gasteiger partial charge in [-0.15, -0.1) is 0 Å². The maximum absolute atomic E-state index is 12.7. The molecule has 2 fully saturated rings. The summed E-state index contributed by atoms with van der Waals surface area (Å²) in [5, 5.41) is 9.23. The second-order valence-corrected chi connectivity index (χ2v) is 8.44. The Labute approximate surface area is 138 Å². The lowest BCUT2D eigenvalue weighted by Gasteiger charge is -2.53. The van der Waals surface area contributed by atoms with Crippen LogP contribution in [0.4, 0.5) is 0 Å². The van der Waals surface area contributed by atoms with E-state index in [2.05, 4.69) is 19.9 Å². The Morgan fingerprint density at radius 1 is 1.35 bits per heavy atom. The van der Waals surface area contributed by atoms with Crippen LogP contribution in [0.1, 0.15) is 53.4 Å². The molecular weight excluding hydrogens is 288 g/mol. The first kappa shape index (κ1) is 16.2. The zero-order chi connectivity index (χ0) is 17.0. The number of ketones is 1. The van der Waals surface area contributed by atoms with E-state index in [1.807, 2.05) is 24.8 Å². The summed E-state index contributed by atoms with van der Waals surface area (Å²) in [5.41, 5.74) is -0.176. The SMILES string of the molecule is CCC1(CC)CC1C(=O)N1CC2(C=C(C#N)C(=O)C(C)(C)C2)C1. The van der Waals surface area contributed by atoms with Crippen LogP contribution in [0.15, 0.2) is 11.6 Å². The first-order chi connectivity index (χ1) is 10.7. The quantitative estimate of drug-likeness (QED) is 0.804. The van der Waals surface area contributed by atoms with Gasteiger partial charge in [0, 0.05) is 29.8 Å². The number of carbonyl (C=O) groups excluding carboxylic acids is 2. The maximum Gasteiger partial charge on any atom is 0.226 e. The third-order valence-electron chi connectivity index (χ3n) is 6.44. The molecule has 2 aliphatic carbocycles. The van der Waals surface area contributed by atoms with Crippen LogP contribution in [0, 0.1) is 33.5 Å². The maximum atomic E-state index is 12.7. The molecule has 1 spiro atoms. The number of hydrogen-bond acceptors (Lipinski definition) is 3. The lowest BCUT2D eigenvalue weighted by molar-refractivity contribution is -0.146.